The fraction of sp³-hybridized carbons (Fsp3) is 0.250. The molecule has 0 fully saturated rings. The van der Waals surface area contributed by atoms with Crippen molar-refractivity contribution in [3.05, 3.63) is 47.7 Å². The van der Waals surface area contributed by atoms with Crippen LogP contribution in [0, 0.1) is 0 Å². The summed E-state index contributed by atoms with van der Waals surface area (Å²) in [5.41, 5.74) is 4.31. The summed E-state index contributed by atoms with van der Waals surface area (Å²) in [6, 6.07) is 11.8. The molecule has 0 spiro atoms. The first-order valence-corrected chi connectivity index (χ1v) is 8.97. The summed E-state index contributed by atoms with van der Waals surface area (Å²) in [6.07, 6.45) is 0. The maximum atomic E-state index is 12.2. The van der Waals surface area contributed by atoms with Crippen LogP contribution in [0.25, 0.3) is 22.0 Å². The number of hydrogen-bond donors (Lipinski definition) is 3. The van der Waals surface area contributed by atoms with Gasteiger partial charge in [0.25, 0.3) is 0 Å². The number of nitrogens with zero attached hydrogens (tertiary/aromatic N) is 2. The van der Waals surface area contributed by atoms with E-state index >= 15 is 0 Å². The van der Waals surface area contributed by atoms with Crippen LogP contribution in [0.2, 0.25) is 0 Å². The fourth-order valence-corrected chi connectivity index (χ4v) is 3.55. The molecule has 0 saturated carbocycles. The number of aromatic nitrogens is 2. The number of anilines is 1. The van der Waals surface area contributed by atoms with E-state index in [0.717, 1.165) is 39.0 Å². The van der Waals surface area contributed by atoms with Gasteiger partial charge in [0.15, 0.2) is 0 Å². The lowest BCUT2D eigenvalue weighted by atomic mass is 9.99. The molecule has 3 amide bonds. The Hall–Kier alpha value is -3.35. The van der Waals surface area contributed by atoms with Gasteiger partial charge in [-0.1, -0.05) is 36.4 Å². The normalized spacial score (nSPS) is 12.9. The molecule has 3 aromatic rings. The third-order valence-electron chi connectivity index (χ3n) is 4.76. The molecule has 1 aromatic heterocycles. The van der Waals surface area contributed by atoms with E-state index in [-0.39, 0.29) is 11.9 Å². The number of urea groups is 1. The van der Waals surface area contributed by atoms with Crippen molar-refractivity contribution in [2.45, 2.75) is 26.9 Å². The van der Waals surface area contributed by atoms with Gasteiger partial charge in [-0.3, -0.25) is 9.89 Å². The molecule has 2 aromatic carbocycles. The highest BCUT2D eigenvalue weighted by atomic mass is 16.2. The van der Waals surface area contributed by atoms with Crippen molar-refractivity contribution >= 4 is 28.4 Å². The second kappa shape index (κ2) is 6.75. The van der Waals surface area contributed by atoms with Crippen molar-refractivity contribution in [3.63, 3.8) is 0 Å². The molecule has 1 aliphatic rings. The molecule has 0 bridgehead atoms. The molecule has 0 radical (unpaired) electrons. The fourth-order valence-electron chi connectivity index (χ4n) is 3.55. The summed E-state index contributed by atoms with van der Waals surface area (Å²) >= 11 is 0. The number of hydrogen-bond acceptors (Lipinski definition) is 3. The Balaban J connectivity index is 1.79. The Kier molecular flexibility index (Phi) is 4.27. The average Bonchev–Trinajstić information content (AvgIpc) is 3.23. The first-order valence-electron chi connectivity index (χ1n) is 8.97. The molecule has 27 heavy (non-hydrogen) atoms. The SMILES string of the molecule is CCNC(=O)N1Cc2n[nH]c(-c3ccc4ccccc4c3NC(C)=O)c2C1. The zero-order valence-corrected chi connectivity index (χ0v) is 15.3. The Morgan fingerprint density at radius 3 is 2.78 bits per heavy atom. The van der Waals surface area contributed by atoms with Gasteiger partial charge >= 0.3 is 6.03 Å². The largest absolute Gasteiger partial charge is 0.338 e. The van der Waals surface area contributed by atoms with Crippen molar-refractivity contribution in [3.8, 4) is 11.3 Å². The molecule has 1 aliphatic heterocycles. The van der Waals surface area contributed by atoms with Crippen molar-refractivity contribution < 1.29 is 9.59 Å². The maximum absolute atomic E-state index is 12.2. The summed E-state index contributed by atoms with van der Waals surface area (Å²) in [4.78, 5) is 25.7. The van der Waals surface area contributed by atoms with Crippen molar-refractivity contribution in [2.75, 3.05) is 11.9 Å². The molecule has 7 heteroatoms. The molecule has 2 heterocycles. The molecule has 3 N–H and O–H groups in total. The lowest BCUT2D eigenvalue weighted by Crippen LogP contribution is -2.36. The van der Waals surface area contributed by atoms with Gasteiger partial charge in [-0.2, -0.15) is 5.10 Å². The third kappa shape index (κ3) is 3.01. The Morgan fingerprint density at radius 2 is 2.00 bits per heavy atom. The van der Waals surface area contributed by atoms with Crippen LogP contribution in [0.3, 0.4) is 0 Å². The predicted octanol–water partition coefficient (Wildman–Crippen LogP) is 3.23. The van der Waals surface area contributed by atoms with Crippen molar-refractivity contribution in [1.82, 2.24) is 20.4 Å². The highest BCUT2D eigenvalue weighted by Gasteiger charge is 2.29. The number of aromatic amines is 1. The second-order valence-electron chi connectivity index (χ2n) is 6.61. The van der Waals surface area contributed by atoms with Crippen molar-refractivity contribution in [2.24, 2.45) is 0 Å². The van der Waals surface area contributed by atoms with Crippen LogP contribution in [0.5, 0.6) is 0 Å². The highest BCUT2D eigenvalue weighted by Crippen LogP contribution is 2.38. The molecule has 0 unspecified atom stereocenters. The number of benzene rings is 2. The summed E-state index contributed by atoms with van der Waals surface area (Å²) in [5.74, 6) is -0.132. The Labute approximate surface area is 156 Å². The molecule has 4 rings (SSSR count). The van der Waals surface area contributed by atoms with Crippen LogP contribution < -0.4 is 10.6 Å². The molecule has 0 aliphatic carbocycles. The summed E-state index contributed by atoms with van der Waals surface area (Å²) < 4.78 is 0. The minimum absolute atomic E-state index is 0.0953. The van der Waals surface area contributed by atoms with Gasteiger partial charge in [-0.25, -0.2) is 4.79 Å². The topological polar surface area (TPSA) is 90.1 Å². The van der Waals surface area contributed by atoms with E-state index in [0.29, 0.717) is 19.6 Å². The van der Waals surface area contributed by atoms with Gasteiger partial charge in [0.1, 0.15) is 0 Å². The minimum Gasteiger partial charge on any atom is -0.338 e. The lowest BCUT2D eigenvalue weighted by molar-refractivity contribution is -0.114. The van der Waals surface area contributed by atoms with E-state index in [9.17, 15) is 9.59 Å². The van der Waals surface area contributed by atoms with Crippen molar-refractivity contribution in [1.29, 1.82) is 0 Å². The van der Waals surface area contributed by atoms with Crippen LogP contribution in [0.4, 0.5) is 10.5 Å². The number of amides is 3. The zero-order valence-electron chi connectivity index (χ0n) is 15.3. The smallest absolute Gasteiger partial charge is 0.318 e. The monoisotopic (exact) mass is 363 g/mol. The maximum Gasteiger partial charge on any atom is 0.318 e. The van der Waals surface area contributed by atoms with Crippen LogP contribution in [-0.4, -0.2) is 33.6 Å². The zero-order chi connectivity index (χ0) is 19.0. The third-order valence-corrected chi connectivity index (χ3v) is 4.76. The van der Waals surface area contributed by atoms with Crippen LogP contribution in [0.15, 0.2) is 36.4 Å². The van der Waals surface area contributed by atoms with E-state index in [1.807, 2.05) is 43.3 Å². The first kappa shape index (κ1) is 17.1. The van der Waals surface area contributed by atoms with Crippen LogP contribution >= 0.6 is 0 Å². The van der Waals surface area contributed by atoms with Gasteiger partial charge in [-0.15, -0.1) is 0 Å². The first-order chi connectivity index (χ1) is 13.1. The summed E-state index contributed by atoms with van der Waals surface area (Å²) in [6.45, 7) is 4.94. The molecule has 0 atom stereocenters. The number of carbonyl (C=O) groups excluding carboxylic acids is 2. The molecule has 0 saturated heterocycles. The minimum atomic E-state index is -0.132. The number of fused-ring (bicyclic) bond motifs is 2. The predicted molar refractivity (Wildman–Crippen MR) is 104 cm³/mol. The van der Waals surface area contributed by atoms with Gasteiger partial charge in [-0.05, 0) is 12.3 Å². The molecule has 138 valence electrons. The number of nitrogens with one attached hydrogen (secondary N) is 3. The molecular formula is C20H21N5O2. The lowest BCUT2D eigenvalue weighted by Gasteiger charge is -2.17. The second-order valence-corrected chi connectivity index (χ2v) is 6.61. The Bertz CT molecular complexity index is 1040. The molecule has 7 nitrogen and oxygen atoms in total. The van der Waals surface area contributed by atoms with Crippen LogP contribution in [-0.2, 0) is 17.9 Å². The number of rotatable bonds is 3. The van der Waals surface area contributed by atoms with Gasteiger partial charge in [0, 0.05) is 30.0 Å². The highest BCUT2D eigenvalue weighted by molar-refractivity contribution is 6.07. The number of carbonyl (C=O) groups is 2. The van der Waals surface area contributed by atoms with E-state index in [1.54, 1.807) is 4.90 Å². The van der Waals surface area contributed by atoms with Gasteiger partial charge in [0.2, 0.25) is 5.91 Å². The van der Waals surface area contributed by atoms with Gasteiger partial charge < -0.3 is 15.5 Å². The van der Waals surface area contributed by atoms with E-state index in [2.05, 4.69) is 20.8 Å². The average molecular weight is 363 g/mol. The van der Waals surface area contributed by atoms with E-state index < -0.39 is 0 Å². The molecular weight excluding hydrogens is 342 g/mol. The Morgan fingerprint density at radius 1 is 1.19 bits per heavy atom. The summed E-state index contributed by atoms with van der Waals surface area (Å²) in [5, 5.41) is 15.3. The number of H-pyrrole nitrogens is 1. The summed E-state index contributed by atoms with van der Waals surface area (Å²) in [7, 11) is 0. The quantitative estimate of drug-likeness (QED) is 0.667. The van der Waals surface area contributed by atoms with Crippen LogP contribution in [0.1, 0.15) is 25.1 Å². The van der Waals surface area contributed by atoms with Gasteiger partial charge in [0.05, 0.1) is 30.2 Å². The standard InChI is InChI=1S/C20H21N5O2/c1-3-21-20(27)25-10-16-17(11-25)23-24-19(16)15-9-8-13-6-4-5-7-14(13)18(15)22-12(2)26/h4-9H,3,10-11H2,1-2H3,(H,21,27)(H,22,26)(H,23,24). The van der Waals surface area contributed by atoms with E-state index in [1.165, 1.54) is 6.92 Å². The van der Waals surface area contributed by atoms with E-state index in [4.69, 9.17) is 0 Å².